The summed E-state index contributed by atoms with van der Waals surface area (Å²) in [6, 6.07) is 14.9. The molecule has 0 spiro atoms. The molecule has 0 atom stereocenters. The third kappa shape index (κ3) is 5.88. The maximum absolute atomic E-state index is 12.4. The molecule has 1 fully saturated rings. The van der Waals surface area contributed by atoms with E-state index in [9.17, 15) is 4.79 Å². The van der Waals surface area contributed by atoms with Crippen LogP contribution in [0, 0.1) is 17.2 Å². The Kier molecular flexibility index (Phi) is 7.03. The van der Waals surface area contributed by atoms with Gasteiger partial charge in [-0.3, -0.25) is 4.79 Å². The van der Waals surface area contributed by atoms with Crippen LogP contribution in [0.2, 0.25) is 10.0 Å². The first-order valence-electron chi connectivity index (χ1n) is 8.69. The monoisotopic (exact) mass is 419 g/mol. The molecule has 0 saturated carbocycles. The normalized spacial score (nSPS) is 15.3. The highest BCUT2D eigenvalue weighted by atomic mass is 35.5. The molecule has 3 rings (SSSR count). The zero-order valence-corrected chi connectivity index (χ0v) is 16.9. The van der Waals surface area contributed by atoms with Crippen molar-refractivity contribution in [1.82, 2.24) is 9.62 Å². The second-order valence-electron chi connectivity index (χ2n) is 6.43. The zero-order valence-electron chi connectivity index (χ0n) is 14.6. The molecule has 1 amide bonds. The number of nitriles is 1. The van der Waals surface area contributed by atoms with Crippen LogP contribution in [0.25, 0.3) is 0 Å². The Morgan fingerprint density at radius 1 is 1.15 bits per heavy atom. The van der Waals surface area contributed by atoms with E-state index in [0.29, 0.717) is 22.2 Å². The molecule has 2 aromatic carbocycles. The summed E-state index contributed by atoms with van der Waals surface area (Å²) in [7, 11) is 0. The van der Waals surface area contributed by atoms with Crippen molar-refractivity contribution in [3.8, 4) is 6.07 Å². The molecule has 1 N–H and O–H groups in total. The zero-order chi connectivity index (χ0) is 19.2. The number of halogens is 2. The third-order valence-corrected chi connectivity index (χ3v) is 5.95. The molecule has 4 nitrogen and oxygen atoms in total. The van der Waals surface area contributed by atoms with E-state index in [1.807, 2.05) is 24.3 Å². The summed E-state index contributed by atoms with van der Waals surface area (Å²) in [5.74, 6) is 0.123. The number of benzene rings is 2. The summed E-state index contributed by atoms with van der Waals surface area (Å²) in [6.45, 7) is 2.16. The molecule has 1 saturated heterocycles. The lowest BCUT2D eigenvalue weighted by Crippen LogP contribution is -2.37. The quantitative estimate of drug-likeness (QED) is 0.699. The van der Waals surface area contributed by atoms with Crippen LogP contribution in [-0.4, -0.2) is 23.3 Å². The number of rotatable bonds is 5. The lowest BCUT2D eigenvalue weighted by atomic mass is 9.97. The van der Waals surface area contributed by atoms with Gasteiger partial charge in [0.1, 0.15) is 0 Å². The summed E-state index contributed by atoms with van der Waals surface area (Å²) in [5.41, 5.74) is 1.61. The average Bonchev–Trinajstić information content (AvgIpc) is 2.66. The molecule has 0 aliphatic carbocycles. The van der Waals surface area contributed by atoms with Crippen LogP contribution >= 0.6 is 35.1 Å². The molecular weight excluding hydrogens is 401 g/mol. The van der Waals surface area contributed by atoms with Crippen LogP contribution in [0.15, 0.2) is 47.4 Å². The van der Waals surface area contributed by atoms with Crippen molar-refractivity contribution in [3.63, 3.8) is 0 Å². The molecule has 0 aromatic heterocycles. The van der Waals surface area contributed by atoms with E-state index >= 15 is 0 Å². The number of nitrogens with one attached hydrogen (secondary N) is 1. The highest BCUT2D eigenvalue weighted by molar-refractivity contribution is 7.97. The minimum absolute atomic E-state index is 0.0307. The smallest absolute Gasteiger partial charge is 0.223 e. The van der Waals surface area contributed by atoms with Crippen LogP contribution < -0.4 is 5.32 Å². The molecule has 0 bridgehead atoms. The number of hydrogen-bond acceptors (Lipinski definition) is 4. The molecule has 1 heterocycles. The molecule has 27 heavy (non-hydrogen) atoms. The number of carbonyl (C=O) groups excluding carboxylic acids is 1. The van der Waals surface area contributed by atoms with Crippen LogP contribution in [0.5, 0.6) is 0 Å². The second kappa shape index (κ2) is 9.48. The summed E-state index contributed by atoms with van der Waals surface area (Å²) in [6.07, 6.45) is 1.64. The number of carbonyl (C=O) groups is 1. The van der Waals surface area contributed by atoms with Crippen molar-refractivity contribution in [2.24, 2.45) is 5.92 Å². The highest BCUT2D eigenvalue weighted by Crippen LogP contribution is 2.32. The topological polar surface area (TPSA) is 56.1 Å². The van der Waals surface area contributed by atoms with E-state index < -0.39 is 0 Å². The van der Waals surface area contributed by atoms with E-state index in [2.05, 4.69) is 15.7 Å². The van der Waals surface area contributed by atoms with Gasteiger partial charge in [0.15, 0.2) is 0 Å². The average molecular weight is 420 g/mol. The fourth-order valence-electron chi connectivity index (χ4n) is 2.97. The van der Waals surface area contributed by atoms with Gasteiger partial charge in [0.05, 0.1) is 11.6 Å². The summed E-state index contributed by atoms with van der Waals surface area (Å²) in [4.78, 5) is 13.4. The van der Waals surface area contributed by atoms with Gasteiger partial charge in [-0.05, 0) is 60.7 Å². The van der Waals surface area contributed by atoms with Crippen molar-refractivity contribution in [2.45, 2.75) is 24.3 Å². The van der Waals surface area contributed by atoms with Crippen molar-refractivity contribution < 1.29 is 4.79 Å². The van der Waals surface area contributed by atoms with Crippen LogP contribution in [0.3, 0.4) is 0 Å². The van der Waals surface area contributed by atoms with E-state index in [1.54, 1.807) is 30.1 Å². The van der Waals surface area contributed by atoms with Crippen LogP contribution in [-0.2, 0) is 11.3 Å². The Balaban J connectivity index is 1.45. The highest BCUT2D eigenvalue weighted by Gasteiger charge is 2.25. The van der Waals surface area contributed by atoms with Crippen molar-refractivity contribution in [2.75, 3.05) is 13.1 Å². The van der Waals surface area contributed by atoms with E-state index in [1.165, 1.54) is 0 Å². The SMILES string of the molecule is N#Cc1ccc(CNC(=O)C2CCN(Sc3cc(Cl)cc(Cl)c3)CC2)cc1. The third-order valence-electron chi connectivity index (χ3n) is 4.45. The van der Waals surface area contributed by atoms with Gasteiger partial charge >= 0.3 is 0 Å². The Morgan fingerprint density at radius 3 is 2.37 bits per heavy atom. The van der Waals surface area contributed by atoms with E-state index in [4.69, 9.17) is 28.5 Å². The van der Waals surface area contributed by atoms with Gasteiger partial charge in [-0.1, -0.05) is 35.3 Å². The fraction of sp³-hybridized carbons (Fsp3) is 0.300. The van der Waals surface area contributed by atoms with Crippen LogP contribution in [0.4, 0.5) is 0 Å². The van der Waals surface area contributed by atoms with Gasteiger partial charge in [0.2, 0.25) is 5.91 Å². The minimum atomic E-state index is 0.0307. The van der Waals surface area contributed by atoms with Crippen LogP contribution in [0.1, 0.15) is 24.0 Å². The number of piperidine rings is 1. The second-order valence-corrected chi connectivity index (χ2v) is 8.47. The predicted molar refractivity (Wildman–Crippen MR) is 110 cm³/mol. The molecule has 0 unspecified atom stereocenters. The molecule has 140 valence electrons. The summed E-state index contributed by atoms with van der Waals surface area (Å²) in [5, 5.41) is 13.1. The molecule has 2 aromatic rings. The first-order chi connectivity index (χ1) is 13.0. The maximum Gasteiger partial charge on any atom is 0.223 e. The van der Waals surface area contributed by atoms with Gasteiger partial charge < -0.3 is 5.32 Å². The Bertz CT molecular complexity index is 823. The molecule has 1 aliphatic rings. The minimum Gasteiger partial charge on any atom is -0.352 e. The van der Waals surface area contributed by atoms with E-state index in [0.717, 1.165) is 36.4 Å². The van der Waals surface area contributed by atoms with Gasteiger partial charge in [0, 0.05) is 40.5 Å². The maximum atomic E-state index is 12.4. The van der Waals surface area contributed by atoms with Gasteiger partial charge in [-0.25, -0.2) is 4.31 Å². The first-order valence-corrected chi connectivity index (χ1v) is 10.2. The molecule has 1 aliphatic heterocycles. The number of nitrogens with zero attached hydrogens (tertiary/aromatic N) is 2. The van der Waals surface area contributed by atoms with Crippen molar-refractivity contribution in [1.29, 1.82) is 5.26 Å². The van der Waals surface area contributed by atoms with Gasteiger partial charge in [0.25, 0.3) is 0 Å². The Morgan fingerprint density at radius 2 is 1.78 bits per heavy atom. The Hall–Kier alpha value is -1.71. The standard InChI is InChI=1S/C20H19Cl2N3OS/c21-17-9-18(22)11-19(10-17)27-25-7-5-16(6-8-25)20(26)24-13-15-3-1-14(12-23)2-4-15/h1-4,9-11,16H,5-8,13H2,(H,24,26). The van der Waals surface area contributed by atoms with Crippen molar-refractivity contribution >= 4 is 41.1 Å². The number of hydrogen-bond donors (Lipinski definition) is 1. The lowest BCUT2D eigenvalue weighted by molar-refractivity contribution is -0.126. The van der Waals surface area contributed by atoms with Gasteiger partial charge in [-0.2, -0.15) is 5.26 Å². The number of amides is 1. The Labute approximate surface area is 173 Å². The fourth-order valence-corrected chi connectivity index (χ4v) is 4.68. The largest absolute Gasteiger partial charge is 0.352 e. The molecular formula is C20H19Cl2N3OS. The summed E-state index contributed by atoms with van der Waals surface area (Å²) >= 11 is 13.7. The van der Waals surface area contributed by atoms with Gasteiger partial charge in [-0.15, -0.1) is 0 Å². The molecule has 7 heteroatoms. The summed E-state index contributed by atoms with van der Waals surface area (Å²) < 4.78 is 2.24. The van der Waals surface area contributed by atoms with Crippen molar-refractivity contribution in [3.05, 3.63) is 63.6 Å². The first kappa shape index (κ1) is 20.0. The predicted octanol–water partition coefficient (Wildman–Crippen LogP) is 4.90. The van der Waals surface area contributed by atoms with E-state index in [-0.39, 0.29) is 11.8 Å². The lowest BCUT2D eigenvalue weighted by Gasteiger charge is -2.30. The molecule has 0 radical (unpaired) electrons.